The average Bonchev–Trinajstić information content (AvgIpc) is 2.66. The number of carbonyl (C=O) groups excluding carboxylic acids is 1. The van der Waals surface area contributed by atoms with E-state index in [-0.39, 0.29) is 12.1 Å². The number of carbonyl (C=O) groups is 1. The van der Waals surface area contributed by atoms with Gasteiger partial charge in [0.15, 0.2) is 0 Å². The molecule has 1 rings (SSSR count). The highest BCUT2D eigenvalue weighted by atomic mass is 32.2. The Hall–Kier alpha value is -0.950. The topological polar surface area (TPSA) is 62.3 Å². The third-order valence-corrected chi connectivity index (χ3v) is 4.96. The van der Waals surface area contributed by atoms with Crippen LogP contribution < -0.4 is 5.32 Å². The fraction of sp³-hybridized carbons (Fsp3) is 0.714. The SMILES string of the molecule is Cc1nc(CC(C)C)c(NC(=O)N(C)[C@@H](C)C[S@@](C)=O)s1. The molecule has 0 saturated heterocycles. The Bertz CT molecular complexity index is 514. The molecule has 5 nitrogen and oxygen atoms in total. The molecule has 2 atom stereocenters. The standard InChI is InChI=1S/C14H25N3O2S2/c1-9(2)7-12-13(20-11(4)15-12)16-14(18)17(5)10(3)8-21(6)19/h9-10H,7-8H2,1-6H3,(H,16,18)/t10-,21+/m0/s1. The van der Waals surface area contributed by atoms with Gasteiger partial charge in [-0.25, -0.2) is 9.78 Å². The smallest absolute Gasteiger partial charge is 0.322 e. The van der Waals surface area contributed by atoms with E-state index in [1.54, 1.807) is 18.2 Å². The van der Waals surface area contributed by atoms with Crippen molar-refractivity contribution in [2.24, 2.45) is 5.92 Å². The molecule has 2 amide bonds. The first kappa shape index (κ1) is 18.1. The molecule has 1 heterocycles. The molecule has 0 fully saturated rings. The third-order valence-electron chi connectivity index (χ3n) is 3.08. The Morgan fingerprint density at radius 1 is 1.43 bits per heavy atom. The van der Waals surface area contributed by atoms with Crippen molar-refractivity contribution in [2.45, 2.75) is 40.2 Å². The molecule has 21 heavy (non-hydrogen) atoms. The van der Waals surface area contributed by atoms with E-state index in [4.69, 9.17) is 0 Å². The van der Waals surface area contributed by atoms with Gasteiger partial charge in [-0.15, -0.1) is 11.3 Å². The average molecular weight is 332 g/mol. The van der Waals surface area contributed by atoms with Gasteiger partial charge in [-0.1, -0.05) is 13.8 Å². The van der Waals surface area contributed by atoms with E-state index in [0.29, 0.717) is 11.7 Å². The van der Waals surface area contributed by atoms with Crippen LogP contribution >= 0.6 is 11.3 Å². The molecule has 1 aromatic heterocycles. The van der Waals surface area contributed by atoms with Gasteiger partial charge in [0.25, 0.3) is 0 Å². The lowest BCUT2D eigenvalue weighted by Crippen LogP contribution is -2.40. The number of aryl methyl sites for hydroxylation is 1. The maximum absolute atomic E-state index is 12.3. The van der Waals surface area contributed by atoms with Crippen molar-refractivity contribution in [1.29, 1.82) is 0 Å². The van der Waals surface area contributed by atoms with Crippen molar-refractivity contribution in [1.82, 2.24) is 9.88 Å². The fourth-order valence-corrected chi connectivity index (χ4v) is 3.67. The Morgan fingerprint density at radius 3 is 2.57 bits per heavy atom. The lowest BCUT2D eigenvalue weighted by Gasteiger charge is -2.24. The normalized spacial score (nSPS) is 14.0. The molecule has 0 aliphatic rings. The molecular formula is C14H25N3O2S2. The summed E-state index contributed by atoms with van der Waals surface area (Å²) in [5.41, 5.74) is 0.945. The molecule has 1 aromatic rings. The molecule has 120 valence electrons. The summed E-state index contributed by atoms with van der Waals surface area (Å²) in [6.07, 6.45) is 2.49. The molecular weight excluding hydrogens is 306 g/mol. The Kier molecular flexibility index (Phi) is 6.80. The highest BCUT2D eigenvalue weighted by Crippen LogP contribution is 2.26. The molecule has 1 N–H and O–H groups in total. The van der Waals surface area contributed by atoms with E-state index in [1.165, 1.54) is 11.3 Å². The summed E-state index contributed by atoms with van der Waals surface area (Å²) in [5, 5.41) is 4.71. The van der Waals surface area contributed by atoms with Gasteiger partial charge in [0.2, 0.25) is 0 Å². The fourth-order valence-electron chi connectivity index (χ4n) is 1.93. The first-order valence-electron chi connectivity index (χ1n) is 7.00. The van der Waals surface area contributed by atoms with Gasteiger partial charge in [-0.3, -0.25) is 9.53 Å². The van der Waals surface area contributed by atoms with Crippen LogP contribution in [0.25, 0.3) is 0 Å². The molecule has 0 saturated carbocycles. The third kappa shape index (κ3) is 5.74. The number of hydrogen-bond donors (Lipinski definition) is 1. The van der Waals surface area contributed by atoms with E-state index >= 15 is 0 Å². The summed E-state index contributed by atoms with van der Waals surface area (Å²) < 4.78 is 11.3. The minimum atomic E-state index is -0.919. The molecule has 0 spiro atoms. The second-order valence-electron chi connectivity index (χ2n) is 5.74. The van der Waals surface area contributed by atoms with Crippen LogP contribution in [0.3, 0.4) is 0 Å². The van der Waals surface area contributed by atoms with Crippen molar-refractivity contribution < 1.29 is 9.00 Å². The maximum Gasteiger partial charge on any atom is 0.322 e. The Labute approximate surface area is 133 Å². The van der Waals surface area contributed by atoms with Crippen LogP contribution in [0.5, 0.6) is 0 Å². The summed E-state index contributed by atoms with van der Waals surface area (Å²) in [6, 6.07) is -0.250. The van der Waals surface area contributed by atoms with Crippen LogP contribution in [0.1, 0.15) is 31.5 Å². The van der Waals surface area contributed by atoms with E-state index in [9.17, 15) is 9.00 Å². The van der Waals surface area contributed by atoms with Crippen LogP contribution in [-0.4, -0.2) is 45.2 Å². The number of amides is 2. The number of nitrogens with zero attached hydrogens (tertiary/aromatic N) is 2. The van der Waals surface area contributed by atoms with Crippen molar-refractivity contribution in [2.75, 3.05) is 24.4 Å². The number of aromatic nitrogens is 1. The van der Waals surface area contributed by atoms with Crippen LogP contribution in [-0.2, 0) is 17.2 Å². The molecule has 0 aliphatic heterocycles. The Balaban J connectivity index is 2.76. The zero-order valence-corrected chi connectivity index (χ0v) is 15.2. The molecule has 0 radical (unpaired) electrons. The van der Waals surface area contributed by atoms with Gasteiger partial charge >= 0.3 is 6.03 Å². The van der Waals surface area contributed by atoms with Gasteiger partial charge in [-0.2, -0.15) is 0 Å². The molecule has 0 aromatic carbocycles. The number of rotatable bonds is 6. The molecule has 0 bridgehead atoms. The predicted octanol–water partition coefficient (Wildman–Crippen LogP) is 2.88. The predicted molar refractivity (Wildman–Crippen MR) is 90.6 cm³/mol. The van der Waals surface area contributed by atoms with Gasteiger partial charge in [0.05, 0.1) is 10.7 Å². The zero-order valence-electron chi connectivity index (χ0n) is 13.6. The number of urea groups is 1. The van der Waals surface area contributed by atoms with E-state index in [0.717, 1.165) is 22.1 Å². The van der Waals surface area contributed by atoms with E-state index < -0.39 is 10.8 Å². The summed E-state index contributed by atoms with van der Waals surface area (Å²) in [5.74, 6) is 0.964. The molecule has 0 aliphatic carbocycles. The quantitative estimate of drug-likeness (QED) is 0.872. The number of nitrogens with one attached hydrogen (secondary N) is 1. The summed E-state index contributed by atoms with van der Waals surface area (Å²) in [7, 11) is 0.806. The lowest BCUT2D eigenvalue weighted by atomic mass is 10.1. The van der Waals surface area contributed by atoms with Crippen molar-refractivity contribution in [3.63, 3.8) is 0 Å². The Morgan fingerprint density at radius 2 is 2.05 bits per heavy atom. The van der Waals surface area contributed by atoms with Crippen LogP contribution in [0.2, 0.25) is 0 Å². The maximum atomic E-state index is 12.3. The summed E-state index contributed by atoms with van der Waals surface area (Å²) in [4.78, 5) is 18.4. The lowest BCUT2D eigenvalue weighted by molar-refractivity contribution is 0.212. The van der Waals surface area contributed by atoms with E-state index in [2.05, 4.69) is 24.1 Å². The van der Waals surface area contributed by atoms with Crippen molar-refractivity contribution in [3.8, 4) is 0 Å². The second kappa shape index (κ2) is 7.89. The minimum Gasteiger partial charge on any atom is -0.324 e. The zero-order chi connectivity index (χ0) is 16.2. The van der Waals surface area contributed by atoms with Crippen LogP contribution in [0.4, 0.5) is 9.80 Å². The van der Waals surface area contributed by atoms with Gasteiger partial charge < -0.3 is 4.90 Å². The molecule has 7 heteroatoms. The highest BCUT2D eigenvalue weighted by Gasteiger charge is 2.19. The van der Waals surface area contributed by atoms with E-state index in [1.807, 2.05) is 13.8 Å². The van der Waals surface area contributed by atoms with Crippen LogP contribution in [0, 0.1) is 12.8 Å². The van der Waals surface area contributed by atoms with Crippen LogP contribution in [0.15, 0.2) is 0 Å². The second-order valence-corrected chi connectivity index (χ2v) is 8.42. The monoisotopic (exact) mass is 331 g/mol. The number of anilines is 1. The van der Waals surface area contributed by atoms with Gasteiger partial charge in [0.1, 0.15) is 5.00 Å². The summed E-state index contributed by atoms with van der Waals surface area (Å²) >= 11 is 1.50. The first-order chi connectivity index (χ1) is 9.70. The van der Waals surface area contributed by atoms with Gasteiger partial charge in [-0.05, 0) is 26.2 Å². The van der Waals surface area contributed by atoms with Crippen molar-refractivity contribution >= 4 is 33.2 Å². The minimum absolute atomic E-state index is 0.0709. The molecule has 0 unspecified atom stereocenters. The van der Waals surface area contributed by atoms with Crippen molar-refractivity contribution in [3.05, 3.63) is 10.7 Å². The number of hydrogen-bond acceptors (Lipinski definition) is 4. The number of thiazole rings is 1. The first-order valence-corrected chi connectivity index (χ1v) is 9.55. The van der Waals surface area contributed by atoms with Gasteiger partial charge in [0, 0.05) is 35.9 Å². The summed E-state index contributed by atoms with van der Waals surface area (Å²) in [6.45, 7) is 8.10. The highest BCUT2D eigenvalue weighted by molar-refractivity contribution is 7.84. The largest absolute Gasteiger partial charge is 0.324 e.